The molecular weight excluding hydrogens is 229 g/mol. The fourth-order valence-electron chi connectivity index (χ4n) is 2.59. The van der Waals surface area contributed by atoms with Gasteiger partial charge in [-0.3, -0.25) is 0 Å². The Labute approximate surface area is 98.3 Å². The highest BCUT2D eigenvalue weighted by atomic mass is 19.4. The van der Waals surface area contributed by atoms with E-state index in [-0.39, 0.29) is 0 Å². The van der Waals surface area contributed by atoms with Gasteiger partial charge in [0.05, 0.1) is 11.2 Å². The van der Waals surface area contributed by atoms with Crippen LogP contribution < -0.4 is 0 Å². The molecule has 0 aliphatic heterocycles. The molecule has 0 saturated heterocycles. The van der Waals surface area contributed by atoms with Crippen molar-refractivity contribution in [1.29, 1.82) is 0 Å². The second kappa shape index (κ2) is 4.02. The zero-order valence-corrected chi connectivity index (χ0v) is 9.64. The number of aliphatic hydroxyl groups is 1. The molecule has 0 aromatic heterocycles. The Morgan fingerprint density at radius 3 is 2.24 bits per heavy atom. The maximum atomic E-state index is 12.5. The minimum Gasteiger partial charge on any atom is -0.385 e. The molecule has 1 fully saturated rings. The number of alkyl halides is 3. The van der Waals surface area contributed by atoms with E-state index in [4.69, 9.17) is 0 Å². The molecule has 0 unspecified atom stereocenters. The fraction of sp³-hybridized carbons (Fsp3) is 0.538. The smallest absolute Gasteiger partial charge is 0.385 e. The quantitative estimate of drug-likeness (QED) is 0.797. The van der Waals surface area contributed by atoms with Crippen LogP contribution in [0, 0.1) is 6.92 Å². The van der Waals surface area contributed by atoms with E-state index in [1.54, 1.807) is 6.92 Å². The predicted octanol–water partition coefficient (Wildman–Crippen LogP) is 3.78. The number of rotatable bonds is 1. The van der Waals surface area contributed by atoms with Crippen LogP contribution >= 0.6 is 0 Å². The summed E-state index contributed by atoms with van der Waals surface area (Å²) in [6, 6.07) is 3.59. The van der Waals surface area contributed by atoms with Gasteiger partial charge in [0.25, 0.3) is 0 Å². The lowest BCUT2D eigenvalue weighted by molar-refractivity contribution is -0.137. The molecule has 1 nitrogen and oxygen atoms in total. The van der Waals surface area contributed by atoms with E-state index in [9.17, 15) is 18.3 Å². The van der Waals surface area contributed by atoms with E-state index in [1.165, 1.54) is 6.07 Å². The van der Waals surface area contributed by atoms with Crippen LogP contribution in [0.1, 0.15) is 42.4 Å². The number of hydrogen-bond acceptors (Lipinski definition) is 1. The summed E-state index contributed by atoms with van der Waals surface area (Å²) in [5.74, 6) is 0. The van der Waals surface area contributed by atoms with Crippen molar-refractivity contribution in [2.75, 3.05) is 0 Å². The molecule has 0 spiro atoms. The summed E-state index contributed by atoms with van der Waals surface area (Å²) < 4.78 is 37.5. The first-order valence-electron chi connectivity index (χ1n) is 5.74. The third-order valence-electron chi connectivity index (χ3n) is 3.49. The van der Waals surface area contributed by atoms with E-state index >= 15 is 0 Å². The average Bonchev–Trinajstić information content (AvgIpc) is 2.64. The van der Waals surface area contributed by atoms with Crippen molar-refractivity contribution in [2.45, 2.75) is 44.4 Å². The van der Waals surface area contributed by atoms with Crippen molar-refractivity contribution in [3.8, 4) is 0 Å². The normalized spacial score (nSPS) is 19.6. The minimum atomic E-state index is -4.32. The Bertz CT molecular complexity index is 417. The molecule has 0 atom stereocenters. The number of benzene rings is 1. The fourth-order valence-corrected chi connectivity index (χ4v) is 2.59. The summed E-state index contributed by atoms with van der Waals surface area (Å²) in [5.41, 5.74) is -0.415. The second-order valence-electron chi connectivity index (χ2n) is 4.77. The lowest BCUT2D eigenvalue weighted by Crippen LogP contribution is -2.22. The van der Waals surface area contributed by atoms with Crippen LogP contribution in [0.15, 0.2) is 18.2 Å². The van der Waals surface area contributed by atoms with Crippen LogP contribution in [-0.4, -0.2) is 5.11 Å². The summed E-state index contributed by atoms with van der Waals surface area (Å²) >= 11 is 0. The molecule has 0 bridgehead atoms. The van der Waals surface area contributed by atoms with E-state index < -0.39 is 17.3 Å². The van der Waals surface area contributed by atoms with E-state index in [0.717, 1.165) is 25.0 Å². The van der Waals surface area contributed by atoms with E-state index in [2.05, 4.69) is 0 Å². The van der Waals surface area contributed by atoms with Crippen LogP contribution in [0.2, 0.25) is 0 Å². The largest absolute Gasteiger partial charge is 0.416 e. The molecule has 17 heavy (non-hydrogen) atoms. The molecule has 4 heteroatoms. The summed E-state index contributed by atoms with van der Waals surface area (Å²) in [4.78, 5) is 0. The maximum absolute atomic E-state index is 12.5. The van der Waals surface area contributed by atoms with Crippen molar-refractivity contribution in [3.05, 3.63) is 34.9 Å². The first-order chi connectivity index (χ1) is 7.83. The van der Waals surface area contributed by atoms with Crippen molar-refractivity contribution in [2.24, 2.45) is 0 Å². The number of aryl methyl sites for hydroxylation is 1. The summed E-state index contributed by atoms with van der Waals surface area (Å²) in [6.45, 7) is 1.63. The van der Waals surface area contributed by atoms with Crippen LogP contribution in [0.3, 0.4) is 0 Å². The lowest BCUT2D eigenvalue weighted by atomic mass is 9.88. The van der Waals surface area contributed by atoms with Gasteiger partial charge in [-0.05, 0) is 43.0 Å². The van der Waals surface area contributed by atoms with Gasteiger partial charge in [0.1, 0.15) is 0 Å². The van der Waals surface area contributed by atoms with Crippen LogP contribution in [0.5, 0.6) is 0 Å². The average molecular weight is 244 g/mol. The number of halogens is 3. The van der Waals surface area contributed by atoms with Crippen LogP contribution in [0.4, 0.5) is 13.2 Å². The van der Waals surface area contributed by atoms with Gasteiger partial charge in [-0.25, -0.2) is 0 Å². The molecule has 1 N–H and O–H groups in total. The Hall–Kier alpha value is -1.03. The first-order valence-corrected chi connectivity index (χ1v) is 5.74. The molecule has 1 saturated carbocycles. The Morgan fingerprint density at radius 1 is 1.18 bits per heavy atom. The zero-order chi connectivity index (χ0) is 12.7. The van der Waals surface area contributed by atoms with Gasteiger partial charge in [-0.15, -0.1) is 0 Å². The van der Waals surface area contributed by atoms with E-state index in [0.29, 0.717) is 24.0 Å². The third-order valence-corrected chi connectivity index (χ3v) is 3.49. The highest BCUT2D eigenvalue weighted by Crippen LogP contribution is 2.41. The van der Waals surface area contributed by atoms with Gasteiger partial charge in [0.2, 0.25) is 0 Å². The van der Waals surface area contributed by atoms with Gasteiger partial charge >= 0.3 is 6.18 Å². The third kappa shape index (κ3) is 2.32. The highest BCUT2D eigenvalue weighted by Gasteiger charge is 2.36. The van der Waals surface area contributed by atoms with Gasteiger partial charge in [-0.1, -0.05) is 18.9 Å². The Kier molecular flexibility index (Phi) is 2.94. The molecule has 1 aliphatic rings. The minimum absolute atomic E-state index is 0.518. The molecule has 2 rings (SSSR count). The van der Waals surface area contributed by atoms with Gasteiger partial charge in [0.15, 0.2) is 0 Å². The van der Waals surface area contributed by atoms with E-state index in [1.807, 2.05) is 0 Å². The summed E-state index contributed by atoms with van der Waals surface area (Å²) in [5, 5.41) is 10.4. The van der Waals surface area contributed by atoms with Gasteiger partial charge < -0.3 is 5.11 Å². The molecule has 0 amide bonds. The Morgan fingerprint density at radius 2 is 1.76 bits per heavy atom. The van der Waals surface area contributed by atoms with Crippen molar-refractivity contribution in [1.82, 2.24) is 0 Å². The Balaban J connectivity index is 2.38. The molecule has 94 valence electrons. The van der Waals surface area contributed by atoms with Crippen molar-refractivity contribution in [3.63, 3.8) is 0 Å². The predicted molar refractivity (Wildman–Crippen MR) is 58.5 cm³/mol. The summed E-state index contributed by atoms with van der Waals surface area (Å²) in [7, 11) is 0. The topological polar surface area (TPSA) is 20.2 Å². The SMILES string of the molecule is Cc1cc(C(F)(F)F)ccc1C1(O)CCCC1. The van der Waals surface area contributed by atoms with Crippen molar-refractivity contribution >= 4 is 0 Å². The standard InChI is InChI=1S/C13H15F3O/c1-9-8-10(13(14,15)16)4-5-11(9)12(17)6-2-3-7-12/h4-5,8,17H,2-3,6-7H2,1H3. The zero-order valence-electron chi connectivity index (χ0n) is 9.64. The second-order valence-corrected chi connectivity index (χ2v) is 4.77. The first kappa shape index (κ1) is 12.4. The highest BCUT2D eigenvalue weighted by molar-refractivity contribution is 5.36. The monoisotopic (exact) mass is 244 g/mol. The van der Waals surface area contributed by atoms with Crippen molar-refractivity contribution < 1.29 is 18.3 Å². The van der Waals surface area contributed by atoms with Crippen LogP contribution in [-0.2, 0) is 11.8 Å². The number of hydrogen-bond donors (Lipinski definition) is 1. The molecule has 0 heterocycles. The molecular formula is C13H15F3O. The van der Waals surface area contributed by atoms with Gasteiger partial charge in [-0.2, -0.15) is 13.2 Å². The molecule has 0 radical (unpaired) electrons. The van der Waals surface area contributed by atoms with Crippen LogP contribution in [0.25, 0.3) is 0 Å². The molecule has 1 aromatic carbocycles. The molecule has 1 aliphatic carbocycles. The maximum Gasteiger partial charge on any atom is 0.416 e. The lowest BCUT2D eigenvalue weighted by Gasteiger charge is -2.25. The summed E-state index contributed by atoms with van der Waals surface area (Å²) in [6.07, 6.45) is -1.19. The molecule has 1 aromatic rings. The van der Waals surface area contributed by atoms with Gasteiger partial charge in [0, 0.05) is 0 Å².